The standard InChI is InChI=1S/C12H14N4O2/c17-11-8-15(7-9-3-1-5-13-14-9)12(18)10-4-2-6-16(10)11/h1,3,5,10H,2,4,6-8H2. The zero-order valence-corrected chi connectivity index (χ0v) is 9.95. The third-order valence-electron chi connectivity index (χ3n) is 3.48. The lowest BCUT2D eigenvalue weighted by Gasteiger charge is -2.36. The van der Waals surface area contributed by atoms with E-state index in [2.05, 4.69) is 10.2 Å². The number of carbonyl (C=O) groups excluding carboxylic acids is 2. The molecule has 2 aliphatic rings. The van der Waals surface area contributed by atoms with Crippen LogP contribution in [-0.4, -0.2) is 50.9 Å². The van der Waals surface area contributed by atoms with Gasteiger partial charge in [0, 0.05) is 12.7 Å². The Balaban J connectivity index is 1.77. The fourth-order valence-corrected chi connectivity index (χ4v) is 2.61. The number of piperazine rings is 1. The van der Waals surface area contributed by atoms with Crippen LogP contribution in [-0.2, 0) is 16.1 Å². The molecule has 2 amide bonds. The molecule has 0 aromatic carbocycles. The third kappa shape index (κ3) is 1.83. The van der Waals surface area contributed by atoms with Crippen LogP contribution in [0.5, 0.6) is 0 Å². The van der Waals surface area contributed by atoms with E-state index in [4.69, 9.17) is 0 Å². The Morgan fingerprint density at radius 1 is 1.39 bits per heavy atom. The molecule has 0 spiro atoms. The average molecular weight is 246 g/mol. The van der Waals surface area contributed by atoms with Gasteiger partial charge in [0.1, 0.15) is 12.6 Å². The van der Waals surface area contributed by atoms with E-state index in [1.165, 1.54) is 0 Å². The summed E-state index contributed by atoms with van der Waals surface area (Å²) in [5.74, 6) is 0.0822. The van der Waals surface area contributed by atoms with Crippen LogP contribution in [0.25, 0.3) is 0 Å². The number of fused-ring (bicyclic) bond motifs is 1. The Labute approximate surface area is 105 Å². The van der Waals surface area contributed by atoms with Crippen LogP contribution in [0, 0.1) is 0 Å². The number of hydrogen-bond donors (Lipinski definition) is 0. The second-order valence-electron chi connectivity index (χ2n) is 4.65. The molecule has 6 nitrogen and oxygen atoms in total. The van der Waals surface area contributed by atoms with Gasteiger partial charge in [0.25, 0.3) is 0 Å². The van der Waals surface area contributed by atoms with E-state index in [1.54, 1.807) is 22.1 Å². The van der Waals surface area contributed by atoms with Gasteiger partial charge in [0.2, 0.25) is 11.8 Å². The van der Waals surface area contributed by atoms with Gasteiger partial charge in [-0.2, -0.15) is 10.2 Å². The fraction of sp³-hybridized carbons (Fsp3) is 0.500. The molecule has 3 heterocycles. The van der Waals surface area contributed by atoms with Gasteiger partial charge in [-0.05, 0) is 25.0 Å². The molecule has 94 valence electrons. The first-order valence-electron chi connectivity index (χ1n) is 6.10. The van der Waals surface area contributed by atoms with E-state index in [0.717, 1.165) is 12.8 Å². The number of carbonyl (C=O) groups is 2. The first-order valence-corrected chi connectivity index (χ1v) is 6.10. The minimum Gasteiger partial charge on any atom is -0.329 e. The SMILES string of the molecule is O=C1C2CCCN2C(=O)CN1Cc1cccnn1. The molecule has 18 heavy (non-hydrogen) atoms. The molecule has 1 atom stereocenters. The molecule has 2 aliphatic heterocycles. The Morgan fingerprint density at radius 2 is 2.28 bits per heavy atom. The molecule has 1 aromatic heterocycles. The maximum absolute atomic E-state index is 12.2. The van der Waals surface area contributed by atoms with Crippen LogP contribution in [0.1, 0.15) is 18.5 Å². The van der Waals surface area contributed by atoms with Crippen LogP contribution in [0.15, 0.2) is 18.3 Å². The predicted octanol–water partition coefficient (Wildman–Crippen LogP) is -0.190. The van der Waals surface area contributed by atoms with Gasteiger partial charge in [-0.3, -0.25) is 9.59 Å². The van der Waals surface area contributed by atoms with Crippen LogP contribution < -0.4 is 0 Å². The van der Waals surface area contributed by atoms with Crippen molar-refractivity contribution in [2.45, 2.75) is 25.4 Å². The van der Waals surface area contributed by atoms with E-state index in [1.807, 2.05) is 6.07 Å². The Bertz CT molecular complexity index is 476. The quantitative estimate of drug-likeness (QED) is 0.725. The predicted molar refractivity (Wildman–Crippen MR) is 62.2 cm³/mol. The summed E-state index contributed by atoms with van der Waals surface area (Å²) in [7, 11) is 0. The average Bonchev–Trinajstić information content (AvgIpc) is 2.87. The summed E-state index contributed by atoms with van der Waals surface area (Å²) in [5, 5.41) is 7.73. The van der Waals surface area contributed by atoms with E-state index < -0.39 is 0 Å². The lowest BCUT2D eigenvalue weighted by Crippen LogP contribution is -2.56. The zero-order chi connectivity index (χ0) is 12.5. The van der Waals surface area contributed by atoms with Gasteiger partial charge in [-0.25, -0.2) is 0 Å². The van der Waals surface area contributed by atoms with Crippen LogP contribution in [0.3, 0.4) is 0 Å². The molecule has 2 saturated heterocycles. The molecule has 0 radical (unpaired) electrons. The largest absolute Gasteiger partial charge is 0.329 e. The highest BCUT2D eigenvalue weighted by Gasteiger charge is 2.41. The van der Waals surface area contributed by atoms with E-state index in [9.17, 15) is 9.59 Å². The highest BCUT2D eigenvalue weighted by Crippen LogP contribution is 2.24. The highest BCUT2D eigenvalue weighted by molar-refractivity contribution is 5.95. The van der Waals surface area contributed by atoms with Gasteiger partial charge >= 0.3 is 0 Å². The van der Waals surface area contributed by atoms with Crippen LogP contribution in [0.2, 0.25) is 0 Å². The number of rotatable bonds is 2. The number of hydrogen-bond acceptors (Lipinski definition) is 4. The van der Waals surface area contributed by atoms with Crippen molar-refractivity contribution in [3.63, 3.8) is 0 Å². The summed E-state index contributed by atoms with van der Waals surface area (Å²) in [4.78, 5) is 27.4. The van der Waals surface area contributed by atoms with Gasteiger partial charge in [-0.15, -0.1) is 0 Å². The van der Waals surface area contributed by atoms with Crippen LogP contribution in [0.4, 0.5) is 0 Å². The molecule has 6 heteroatoms. The first kappa shape index (κ1) is 11.1. The minimum atomic E-state index is -0.247. The van der Waals surface area contributed by atoms with Gasteiger partial charge in [0.15, 0.2) is 0 Å². The molecule has 0 saturated carbocycles. The second kappa shape index (κ2) is 4.36. The molecule has 1 aromatic rings. The Hall–Kier alpha value is -1.98. The van der Waals surface area contributed by atoms with Gasteiger partial charge < -0.3 is 9.80 Å². The summed E-state index contributed by atoms with van der Waals surface area (Å²) < 4.78 is 0. The summed E-state index contributed by atoms with van der Waals surface area (Å²) in [6.45, 7) is 1.24. The van der Waals surface area contributed by atoms with Crippen molar-refractivity contribution in [1.82, 2.24) is 20.0 Å². The van der Waals surface area contributed by atoms with Crippen molar-refractivity contribution in [1.29, 1.82) is 0 Å². The van der Waals surface area contributed by atoms with Crippen molar-refractivity contribution < 1.29 is 9.59 Å². The molecule has 3 rings (SSSR count). The summed E-state index contributed by atoms with van der Waals surface area (Å²) in [6.07, 6.45) is 3.29. The molecule has 0 N–H and O–H groups in total. The normalized spacial score (nSPS) is 23.4. The first-order chi connectivity index (χ1) is 8.75. The molecular weight excluding hydrogens is 232 g/mol. The maximum Gasteiger partial charge on any atom is 0.246 e. The smallest absolute Gasteiger partial charge is 0.246 e. The Morgan fingerprint density at radius 3 is 3.06 bits per heavy atom. The minimum absolute atomic E-state index is 0.0396. The number of nitrogens with zero attached hydrogens (tertiary/aromatic N) is 4. The second-order valence-corrected chi connectivity index (χ2v) is 4.65. The van der Waals surface area contributed by atoms with Crippen molar-refractivity contribution in [3.8, 4) is 0 Å². The van der Waals surface area contributed by atoms with Gasteiger partial charge in [-0.1, -0.05) is 0 Å². The number of aromatic nitrogens is 2. The monoisotopic (exact) mass is 246 g/mol. The van der Waals surface area contributed by atoms with Crippen molar-refractivity contribution in [2.75, 3.05) is 13.1 Å². The van der Waals surface area contributed by atoms with Gasteiger partial charge in [0.05, 0.1) is 12.2 Å². The summed E-state index contributed by atoms with van der Waals surface area (Å²) in [6, 6.07) is 3.34. The van der Waals surface area contributed by atoms with Crippen molar-refractivity contribution in [3.05, 3.63) is 24.0 Å². The molecular formula is C12H14N4O2. The van der Waals surface area contributed by atoms with E-state index in [0.29, 0.717) is 18.8 Å². The topological polar surface area (TPSA) is 66.4 Å². The lowest BCUT2D eigenvalue weighted by atomic mass is 10.1. The molecule has 1 unspecified atom stereocenters. The molecule has 2 fully saturated rings. The Kier molecular flexibility index (Phi) is 2.70. The van der Waals surface area contributed by atoms with E-state index >= 15 is 0 Å². The maximum atomic E-state index is 12.2. The highest BCUT2D eigenvalue weighted by atomic mass is 16.2. The van der Waals surface area contributed by atoms with Crippen LogP contribution >= 0.6 is 0 Å². The zero-order valence-electron chi connectivity index (χ0n) is 9.95. The fourth-order valence-electron chi connectivity index (χ4n) is 2.61. The van der Waals surface area contributed by atoms with Crippen molar-refractivity contribution >= 4 is 11.8 Å². The third-order valence-corrected chi connectivity index (χ3v) is 3.48. The molecule has 0 bridgehead atoms. The molecule has 0 aliphatic carbocycles. The summed E-state index contributed by atoms with van der Waals surface area (Å²) in [5.41, 5.74) is 0.713. The number of amides is 2. The van der Waals surface area contributed by atoms with Crippen molar-refractivity contribution in [2.24, 2.45) is 0 Å². The van der Waals surface area contributed by atoms with E-state index in [-0.39, 0.29) is 24.4 Å². The lowest BCUT2D eigenvalue weighted by molar-refractivity contribution is -0.154. The summed E-state index contributed by atoms with van der Waals surface area (Å²) >= 11 is 0.